The third kappa shape index (κ3) is 8.50. The smallest absolute Gasteiger partial charge is 0.247 e. The molecule has 1 aromatic carbocycles. The molecule has 1 aromatic heterocycles. The zero-order valence-electron chi connectivity index (χ0n) is 22.8. The van der Waals surface area contributed by atoms with Crippen LogP contribution < -0.4 is 16.0 Å². The summed E-state index contributed by atoms with van der Waals surface area (Å²) < 4.78 is 0.940. The van der Waals surface area contributed by atoms with Crippen molar-refractivity contribution in [1.82, 2.24) is 25.8 Å². The number of amides is 3. The molecule has 0 unspecified atom stereocenters. The fraction of sp³-hybridized carbons (Fsp3) is 0.586. The van der Waals surface area contributed by atoms with Gasteiger partial charge in [0.2, 0.25) is 17.7 Å². The maximum absolute atomic E-state index is 13.6. The highest BCUT2D eigenvalue weighted by molar-refractivity contribution is 7.18. The van der Waals surface area contributed by atoms with Crippen LogP contribution in [0.5, 0.6) is 0 Å². The molecule has 4 rings (SSSR count). The second-order valence-electron chi connectivity index (χ2n) is 10.7. The average molecular weight is 574 g/mol. The van der Waals surface area contributed by atoms with E-state index in [1.807, 2.05) is 12.1 Å². The van der Waals surface area contributed by atoms with E-state index in [2.05, 4.69) is 32.4 Å². The molecule has 3 amide bonds. The second-order valence-corrected chi connectivity index (χ2v) is 12.3. The van der Waals surface area contributed by atoms with Crippen molar-refractivity contribution < 1.29 is 14.4 Å². The number of carbonyl (C=O) groups excluding carboxylic acids is 3. The molecule has 0 bridgehead atoms. The summed E-state index contributed by atoms with van der Waals surface area (Å²) >= 11 is 7.61. The van der Waals surface area contributed by atoms with E-state index < -0.39 is 6.04 Å². The number of thiazole rings is 1. The summed E-state index contributed by atoms with van der Waals surface area (Å²) in [6.45, 7) is 8.68. The van der Waals surface area contributed by atoms with Gasteiger partial charge in [-0.15, -0.1) is 11.3 Å². The highest BCUT2D eigenvalue weighted by Gasteiger charge is 2.30. The quantitative estimate of drug-likeness (QED) is 0.330. The van der Waals surface area contributed by atoms with Crippen LogP contribution in [0.3, 0.4) is 0 Å². The Bertz CT molecular complexity index is 1170. The van der Waals surface area contributed by atoms with E-state index in [1.54, 1.807) is 13.0 Å². The maximum atomic E-state index is 13.6. The average Bonchev–Trinajstić information content (AvgIpc) is 3.59. The Morgan fingerprint density at radius 1 is 1.13 bits per heavy atom. The van der Waals surface area contributed by atoms with Gasteiger partial charge in [-0.2, -0.15) is 0 Å². The number of hydrogen-bond acceptors (Lipinski definition) is 6. The molecule has 1 saturated heterocycles. The van der Waals surface area contributed by atoms with Crippen LogP contribution in [-0.2, 0) is 20.8 Å². The van der Waals surface area contributed by atoms with Crippen molar-refractivity contribution in [3.05, 3.63) is 40.4 Å². The number of rotatable bonds is 12. The summed E-state index contributed by atoms with van der Waals surface area (Å²) in [5.74, 6) is -0.349. The minimum atomic E-state index is -0.764. The van der Waals surface area contributed by atoms with Crippen molar-refractivity contribution >= 4 is 50.9 Å². The molecular weight excluding hydrogens is 534 g/mol. The van der Waals surface area contributed by atoms with E-state index in [4.69, 9.17) is 11.6 Å². The SMILES string of the molecule is C=C(CN1CCCC1)C(=O)NC[C@@H](NC(=O)[C@H](Cc1nc2ccc(Cl)cc2s1)NC(=O)CC)C1CCCCC1. The summed E-state index contributed by atoms with van der Waals surface area (Å²) in [6, 6.07) is 4.52. The number of benzene rings is 1. The van der Waals surface area contributed by atoms with Crippen LogP contribution in [-0.4, -0.2) is 65.9 Å². The van der Waals surface area contributed by atoms with Gasteiger partial charge in [0, 0.05) is 42.6 Å². The van der Waals surface area contributed by atoms with Crippen LogP contribution in [0.2, 0.25) is 5.02 Å². The number of aromatic nitrogens is 1. The highest BCUT2D eigenvalue weighted by Crippen LogP contribution is 2.28. The van der Waals surface area contributed by atoms with Gasteiger partial charge in [-0.1, -0.05) is 44.4 Å². The van der Waals surface area contributed by atoms with Crippen LogP contribution in [0.4, 0.5) is 0 Å². The van der Waals surface area contributed by atoms with Crippen molar-refractivity contribution in [2.75, 3.05) is 26.2 Å². The molecule has 1 aliphatic heterocycles. The van der Waals surface area contributed by atoms with E-state index in [0.717, 1.165) is 66.8 Å². The molecular formula is C29H40ClN5O3S. The molecule has 10 heteroatoms. The number of nitrogens with zero attached hydrogens (tertiary/aromatic N) is 2. The number of hydrogen-bond donors (Lipinski definition) is 3. The van der Waals surface area contributed by atoms with Gasteiger partial charge in [0.1, 0.15) is 6.04 Å². The summed E-state index contributed by atoms with van der Waals surface area (Å²) in [5.41, 5.74) is 1.37. The van der Waals surface area contributed by atoms with Gasteiger partial charge in [0.05, 0.1) is 15.2 Å². The van der Waals surface area contributed by atoms with Crippen LogP contribution in [0, 0.1) is 5.92 Å². The molecule has 0 radical (unpaired) electrons. The van der Waals surface area contributed by atoms with Crippen molar-refractivity contribution in [1.29, 1.82) is 0 Å². The zero-order chi connectivity index (χ0) is 27.8. The lowest BCUT2D eigenvalue weighted by Gasteiger charge is -2.32. The van der Waals surface area contributed by atoms with E-state index in [0.29, 0.717) is 23.7 Å². The van der Waals surface area contributed by atoms with Crippen LogP contribution in [0.25, 0.3) is 10.2 Å². The van der Waals surface area contributed by atoms with Crippen LogP contribution in [0.1, 0.15) is 63.3 Å². The maximum Gasteiger partial charge on any atom is 0.247 e. The molecule has 2 heterocycles. The Balaban J connectivity index is 1.43. The number of likely N-dealkylation sites (tertiary alicyclic amines) is 1. The topological polar surface area (TPSA) is 103 Å². The molecule has 3 N–H and O–H groups in total. The van der Waals surface area contributed by atoms with Gasteiger partial charge < -0.3 is 16.0 Å². The first-order chi connectivity index (χ1) is 18.8. The van der Waals surface area contributed by atoms with Crippen molar-refractivity contribution in [2.45, 2.75) is 76.8 Å². The molecule has 39 heavy (non-hydrogen) atoms. The Hall–Kier alpha value is -2.49. The number of carbonyl (C=O) groups is 3. The van der Waals surface area contributed by atoms with Crippen LogP contribution >= 0.6 is 22.9 Å². The molecule has 1 aliphatic carbocycles. The monoisotopic (exact) mass is 573 g/mol. The van der Waals surface area contributed by atoms with E-state index in [9.17, 15) is 14.4 Å². The molecule has 2 atom stereocenters. The molecule has 2 fully saturated rings. The lowest BCUT2D eigenvalue weighted by Crippen LogP contribution is -2.55. The molecule has 1 saturated carbocycles. The number of fused-ring (bicyclic) bond motifs is 1. The Morgan fingerprint density at radius 3 is 2.59 bits per heavy atom. The minimum Gasteiger partial charge on any atom is -0.350 e. The minimum absolute atomic E-state index is 0.166. The van der Waals surface area contributed by atoms with Gasteiger partial charge in [-0.05, 0) is 62.9 Å². The zero-order valence-corrected chi connectivity index (χ0v) is 24.3. The first kappa shape index (κ1) is 29.5. The number of nitrogens with one attached hydrogen (secondary N) is 3. The Kier molecular flexibility index (Phi) is 10.8. The fourth-order valence-corrected chi connectivity index (χ4v) is 6.77. The van der Waals surface area contributed by atoms with Gasteiger partial charge >= 0.3 is 0 Å². The predicted octanol–water partition coefficient (Wildman–Crippen LogP) is 4.22. The second kappa shape index (κ2) is 14.2. The lowest BCUT2D eigenvalue weighted by atomic mass is 9.83. The van der Waals surface area contributed by atoms with Gasteiger partial charge in [-0.3, -0.25) is 19.3 Å². The third-order valence-corrected chi connectivity index (χ3v) is 8.99. The van der Waals surface area contributed by atoms with Gasteiger partial charge in [-0.25, -0.2) is 4.98 Å². The Morgan fingerprint density at radius 2 is 1.87 bits per heavy atom. The highest BCUT2D eigenvalue weighted by atomic mass is 35.5. The third-order valence-electron chi connectivity index (χ3n) is 7.71. The Labute approximate surface area is 239 Å². The van der Waals surface area contributed by atoms with Gasteiger partial charge in [0.25, 0.3) is 0 Å². The normalized spacial score (nSPS) is 18.0. The molecule has 212 valence electrons. The number of halogens is 1. The van der Waals surface area contributed by atoms with E-state index >= 15 is 0 Å². The lowest BCUT2D eigenvalue weighted by molar-refractivity contribution is -0.129. The van der Waals surface area contributed by atoms with Crippen molar-refractivity contribution in [3.8, 4) is 0 Å². The standard InChI is InChI=1S/C29H40ClN5O3S/c1-3-26(36)32-23(16-27-33-22-12-11-21(30)15-25(22)39-27)29(38)34-24(20-9-5-4-6-10-20)17-31-28(37)19(2)18-35-13-7-8-14-35/h11-12,15,20,23-24H,2-10,13-14,16-18H2,1H3,(H,31,37)(H,32,36)(H,34,38)/t23-,24+/m0/s1. The van der Waals surface area contributed by atoms with Crippen molar-refractivity contribution in [2.24, 2.45) is 5.92 Å². The molecule has 2 aliphatic rings. The van der Waals surface area contributed by atoms with E-state index in [-0.39, 0.29) is 42.5 Å². The largest absolute Gasteiger partial charge is 0.350 e. The fourth-order valence-electron chi connectivity index (χ4n) is 5.48. The van der Waals surface area contributed by atoms with Gasteiger partial charge in [0.15, 0.2) is 0 Å². The predicted molar refractivity (Wildman–Crippen MR) is 157 cm³/mol. The van der Waals surface area contributed by atoms with Crippen molar-refractivity contribution in [3.63, 3.8) is 0 Å². The molecule has 8 nitrogen and oxygen atoms in total. The molecule has 0 spiro atoms. The summed E-state index contributed by atoms with van der Waals surface area (Å²) in [7, 11) is 0. The summed E-state index contributed by atoms with van der Waals surface area (Å²) in [4.78, 5) is 45.7. The summed E-state index contributed by atoms with van der Waals surface area (Å²) in [5, 5.41) is 10.5. The van der Waals surface area contributed by atoms with Crippen LogP contribution in [0.15, 0.2) is 30.4 Å². The van der Waals surface area contributed by atoms with E-state index in [1.165, 1.54) is 17.8 Å². The summed E-state index contributed by atoms with van der Waals surface area (Å²) in [6.07, 6.45) is 8.28. The first-order valence-electron chi connectivity index (χ1n) is 14.2. The first-order valence-corrected chi connectivity index (χ1v) is 15.3. The molecule has 2 aromatic rings.